The predicted molar refractivity (Wildman–Crippen MR) is 104 cm³/mol. The van der Waals surface area contributed by atoms with E-state index in [1.807, 2.05) is 45.0 Å². The highest BCUT2D eigenvalue weighted by atomic mass is 16.5. The first-order valence-electron chi connectivity index (χ1n) is 8.52. The fourth-order valence-electron chi connectivity index (χ4n) is 2.85. The monoisotopic (exact) mass is 363 g/mol. The van der Waals surface area contributed by atoms with Gasteiger partial charge in [0.25, 0.3) is 5.91 Å². The van der Waals surface area contributed by atoms with Crippen molar-refractivity contribution in [2.75, 3.05) is 12.4 Å². The maximum Gasteiger partial charge on any atom is 0.338 e. The van der Waals surface area contributed by atoms with Crippen LogP contribution in [0.25, 0.3) is 5.69 Å². The highest BCUT2D eigenvalue weighted by molar-refractivity contribution is 6.05. The molecule has 3 rings (SSSR count). The highest BCUT2D eigenvalue weighted by Crippen LogP contribution is 2.21. The van der Waals surface area contributed by atoms with E-state index in [-0.39, 0.29) is 5.91 Å². The summed E-state index contributed by atoms with van der Waals surface area (Å²) < 4.78 is 6.61. The van der Waals surface area contributed by atoms with Crippen LogP contribution >= 0.6 is 0 Å². The second-order valence-corrected chi connectivity index (χ2v) is 6.34. The first-order chi connectivity index (χ1) is 12.9. The number of amides is 1. The van der Waals surface area contributed by atoms with E-state index in [4.69, 9.17) is 4.74 Å². The van der Waals surface area contributed by atoms with Crippen molar-refractivity contribution in [2.45, 2.75) is 20.8 Å². The number of hydrogen-bond acceptors (Lipinski definition) is 4. The van der Waals surface area contributed by atoms with Gasteiger partial charge in [0.05, 0.1) is 18.4 Å². The van der Waals surface area contributed by atoms with Gasteiger partial charge in [-0.1, -0.05) is 0 Å². The average molecular weight is 363 g/mol. The van der Waals surface area contributed by atoms with E-state index in [1.54, 1.807) is 29.1 Å². The van der Waals surface area contributed by atoms with Crippen LogP contribution in [-0.2, 0) is 4.74 Å². The minimum Gasteiger partial charge on any atom is -0.465 e. The van der Waals surface area contributed by atoms with Gasteiger partial charge < -0.3 is 10.1 Å². The lowest BCUT2D eigenvalue weighted by Gasteiger charge is -2.12. The summed E-state index contributed by atoms with van der Waals surface area (Å²) >= 11 is 0. The minimum absolute atomic E-state index is 0.252. The number of carbonyl (C=O) groups is 2. The number of methoxy groups -OCH3 is 1. The van der Waals surface area contributed by atoms with E-state index < -0.39 is 5.97 Å². The molecule has 6 nitrogen and oxygen atoms in total. The summed E-state index contributed by atoms with van der Waals surface area (Å²) in [5.74, 6) is -0.677. The number of anilines is 1. The molecule has 3 aromatic rings. The third-order valence-corrected chi connectivity index (χ3v) is 4.54. The Morgan fingerprint density at radius 1 is 1.04 bits per heavy atom. The Kier molecular flexibility index (Phi) is 5.07. The lowest BCUT2D eigenvalue weighted by molar-refractivity contribution is 0.0599. The number of nitrogens with one attached hydrogen (secondary N) is 1. The van der Waals surface area contributed by atoms with Crippen LogP contribution in [0.4, 0.5) is 5.69 Å². The van der Waals surface area contributed by atoms with Gasteiger partial charge in [0.15, 0.2) is 0 Å². The van der Waals surface area contributed by atoms with Gasteiger partial charge in [-0.15, -0.1) is 0 Å². The fourth-order valence-corrected chi connectivity index (χ4v) is 2.85. The summed E-state index contributed by atoms with van der Waals surface area (Å²) in [7, 11) is 1.34. The van der Waals surface area contributed by atoms with Gasteiger partial charge >= 0.3 is 5.97 Å². The number of carbonyl (C=O) groups excluding carboxylic acids is 2. The van der Waals surface area contributed by atoms with Crippen molar-refractivity contribution in [3.63, 3.8) is 0 Å². The van der Waals surface area contributed by atoms with E-state index >= 15 is 0 Å². The molecule has 0 fully saturated rings. The summed E-state index contributed by atoms with van der Waals surface area (Å²) in [4.78, 5) is 24.5. The maximum atomic E-state index is 12.6. The van der Waals surface area contributed by atoms with Crippen molar-refractivity contribution in [1.29, 1.82) is 0 Å². The van der Waals surface area contributed by atoms with Crippen LogP contribution in [0.3, 0.4) is 0 Å². The molecule has 0 unspecified atom stereocenters. The van der Waals surface area contributed by atoms with Gasteiger partial charge in [0.2, 0.25) is 0 Å². The zero-order valence-electron chi connectivity index (χ0n) is 15.7. The Morgan fingerprint density at radius 3 is 2.33 bits per heavy atom. The van der Waals surface area contributed by atoms with Crippen LogP contribution in [0.2, 0.25) is 0 Å². The highest BCUT2D eigenvalue weighted by Gasteiger charge is 2.14. The van der Waals surface area contributed by atoms with E-state index in [9.17, 15) is 9.59 Å². The molecule has 1 aromatic heterocycles. The van der Waals surface area contributed by atoms with Gasteiger partial charge in [0, 0.05) is 23.1 Å². The molecule has 0 aliphatic heterocycles. The molecule has 0 aliphatic carbocycles. The van der Waals surface area contributed by atoms with Crippen molar-refractivity contribution < 1.29 is 14.3 Å². The van der Waals surface area contributed by atoms with Crippen LogP contribution in [0, 0.1) is 20.8 Å². The molecule has 0 saturated heterocycles. The third-order valence-electron chi connectivity index (χ3n) is 4.54. The molecule has 0 radical (unpaired) electrons. The quantitative estimate of drug-likeness (QED) is 0.715. The van der Waals surface area contributed by atoms with Crippen molar-refractivity contribution in [2.24, 2.45) is 0 Å². The number of esters is 1. The molecule has 0 bridgehead atoms. The van der Waals surface area contributed by atoms with Crippen LogP contribution in [-0.4, -0.2) is 28.8 Å². The molecule has 0 saturated carbocycles. The van der Waals surface area contributed by atoms with Gasteiger partial charge in [-0.25, -0.2) is 9.48 Å². The first-order valence-corrected chi connectivity index (χ1v) is 8.52. The summed E-state index contributed by atoms with van der Waals surface area (Å²) in [6.45, 7) is 5.70. The third kappa shape index (κ3) is 3.74. The molecular weight excluding hydrogens is 342 g/mol. The molecule has 138 valence electrons. The number of hydrogen-bond donors (Lipinski definition) is 1. The minimum atomic E-state index is -0.425. The molecule has 1 heterocycles. The second-order valence-electron chi connectivity index (χ2n) is 6.34. The van der Waals surface area contributed by atoms with Gasteiger partial charge in [-0.2, -0.15) is 5.10 Å². The summed E-state index contributed by atoms with van der Waals surface area (Å²) in [5.41, 5.74) is 5.14. The first kappa shape index (κ1) is 18.4. The van der Waals surface area contributed by atoms with Crippen molar-refractivity contribution in [3.05, 3.63) is 76.6 Å². The molecule has 0 atom stereocenters. The van der Waals surface area contributed by atoms with Crippen molar-refractivity contribution in [3.8, 4) is 5.69 Å². The van der Waals surface area contributed by atoms with Crippen molar-refractivity contribution in [1.82, 2.24) is 9.78 Å². The summed E-state index contributed by atoms with van der Waals surface area (Å²) in [6, 6.07) is 12.6. The molecule has 6 heteroatoms. The number of benzene rings is 2. The number of aromatic nitrogens is 2. The van der Waals surface area contributed by atoms with Crippen LogP contribution in [0.5, 0.6) is 0 Å². The average Bonchev–Trinajstić information content (AvgIpc) is 3.10. The molecule has 27 heavy (non-hydrogen) atoms. The second kappa shape index (κ2) is 7.45. The fraction of sp³-hybridized carbons (Fsp3) is 0.190. The Balaban J connectivity index is 1.82. The van der Waals surface area contributed by atoms with Gasteiger partial charge in [0.1, 0.15) is 0 Å². The van der Waals surface area contributed by atoms with Gasteiger partial charge in [-0.3, -0.25) is 4.79 Å². The van der Waals surface area contributed by atoms with E-state index in [0.717, 1.165) is 22.5 Å². The van der Waals surface area contributed by atoms with Crippen molar-refractivity contribution >= 4 is 17.6 Å². The predicted octanol–water partition coefficient (Wildman–Crippen LogP) is 3.84. The topological polar surface area (TPSA) is 73.2 Å². The zero-order chi connectivity index (χ0) is 19.6. The van der Waals surface area contributed by atoms with E-state index in [0.29, 0.717) is 16.8 Å². The number of nitrogens with zero attached hydrogens (tertiary/aromatic N) is 2. The lowest BCUT2D eigenvalue weighted by Crippen LogP contribution is -2.14. The van der Waals surface area contributed by atoms with E-state index in [2.05, 4.69) is 10.4 Å². The molecule has 0 aliphatic rings. The zero-order valence-corrected chi connectivity index (χ0v) is 15.7. The van der Waals surface area contributed by atoms with Crippen LogP contribution < -0.4 is 5.32 Å². The molecule has 2 aromatic carbocycles. The van der Waals surface area contributed by atoms with E-state index in [1.165, 1.54) is 7.11 Å². The molecule has 1 N–H and O–H groups in total. The Hall–Kier alpha value is -3.41. The van der Waals surface area contributed by atoms with Gasteiger partial charge in [-0.05, 0) is 74.4 Å². The number of ether oxygens (including phenoxy) is 1. The SMILES string of the molecule is COC(=O)c1cc(NC(=O)c2ccc(-n3nccc3C)cc2)cc(C)c1C. The standard InChI is InChI=1S/C21H21N3O3/c1-13-11-17(12-19(15(13)3)21(26)27-4)23-20(25)16-5-7-18(8-6-16)24-14(2)9-10-22-24/h5-12H,1-4H3,(H,23,25). The molecule has 0 spiro atoms. The Bertz CT molecular complexity index is 1000. The Labute approximate surface area is 157 Å². The summed E-state index contributed by atoms with van der Waals surface area (Å²) in [5, 5.41) is 7.09. The normalized spacial score (nSPS) is 10.5. The number of aryl methyl sites for hydroxylation is 2. The number of rotatable bonds is 4. The van der Waals surface area contributed by atoms with Crippen LogP contribution in [0.15, 0.2) is 48.7 Å². The Morgan fingerprint density at radius 2 is 1.74 bits per heavy atom. The maximum absolute atomic E-state index is 12.6. The smallest absolute Gasteiger partial charge is 0.338 e. The molecular formula is C21H21N3O3. The lowest BCUT2D eigenvalue weighted by atomic mass is 10.0. The molecule has 1 amide bonds. The van der Waals surface area contributed by atoms with Crippen LogP contribution in [0.1, 0.15) is 37.5 Å². The largest absolute Gasteiger partial charge is 0.465 e. The summed E-state index contributed by atoms with van der Waals surface area (Å²) in [6.07, 6.45) is 1.73.